The van der Waals surface area contributed by atoms with Crippen molar-refractivity contribution >= 4 is 65.0 Å². The molecule has 0 radical (unpaired) electrons. The van der Waals surface area contributed by atoms with E-state index in [1.807, 2.05) is 91.0 Å². The lowest BCUT2D eigenvalue weighted by Gasteiger charge is -2.34. The van der Waals surface area contributed by atoms with Crippen molar-refractivity contribution in [3.05, 3.63) is 108 Å². The van der Waals surface area contributed by atoms with Crippen LogP contribution < -0.4 is 27.0 Å². The maximum Gasteiger partial charge on any atom is 0.472 e. The van der Waals surface area contributed by atoms with Crippen LogP contribution in [0.1, 0.15) is 126 Å². The Labute approximate surface area is 715 Å². The van der Waals surface area contributed by atoms with E-state index in [1.54, 1.807) is 0 Å². The molecule has 0 fully saturated rings. The van der Waals surface area contributed by atoms with Gasteiger partial charge >= 0.3 is 41.4 Å². The third kappa shape index (κ3) is 67.2. The summed E-state index contributed by atoms with van der Waals surface area (Å²) in [6.07, 6.45) is 5.61. The smallest absolute Gasteiger partial charge is 0.461 e. The van der Waals surface area contributed by atoms with E-state index in [9.17, 15) is 61.9 Å². The van der Waals surface area contributed by atoms with E-state index in [1.165, 1.54) is 0 Å². The van der Waals surface area contributed by atoms with Crippen LogP contribution in [-0.2, 0) is 165 Å². The van der Waals surface area contributed by atoms with Crippen molar-refractivity contribution in [1.82, 2.24) is 21.3 Å². The van der Waals surface area contributed by atoms with E-state index in [4.69, 9.17) is 104 Å². The summed E-state index contributed by atoms with van der Waals surface area (Å²) in [7, 11) is -12.9. The van der Waals surface area contributed by atoms with Crippen LogP contribution >= 0.6 is 23.5 Å². The number of nitrogens with one attached hydrogen (secondary N) is 4. The minimum atomic E-state index is -4.29. The van der Waals surface area contributed by atoms with Gasteiger partial charge in [-0.1, -0.05) is 110 Å². The van der Waals surface area contributed by atoms with Crippen molar-refractivity contribution in [3.8, 4) is 0 Å². The molecule has 0 saturated carbocycles. The van der Waals surface area contributed by atoms with Crippen LogP contribution in [-0.4, -0.2) is 286 Å². The van der Waals surface area contributed by atoms with Crippen LogP contribution in [0.2, 0.25) is 0 Å². The summed E-state index contributed by atoms with van der Waals surface area (Å²) in [5, 5.41) is 11.2. The number of phosphoric acid groups is 3. The summed E-state index contributed by atoms with van der Waals surface area (Å²) >= 11 is 0. The van der Waals surface area contributed by atoms with Gasteiger partial charge in [0.1, 0.15) is 25.4 Å². The molecule has 0 aliphatic heterocycles. The molecule has 3 aromatic carbocycles. The van der Waals surface area contributed by atoms with Gasteiger partial charge in [-0.25, -0.2) is 13.7 Å². The molecule has 0 spiro atoms. The third-order valence-corrected chi connectivity index (χ3v) is 19.6. The molecule has 4 amide bonds. The molecule has 696 valence electrons. The maximum atomic E-state index is 13.4. The van der Waals surface area contributed by atoms with Gasteiger partial charge in [0.25, 0.3) is 0 Å². The van der Waals surface area contributed by atoms with Gasteiger partial charge in [0.05, 0.1) is 198 Å². The van der Waals surface area contributed by atoms with Crippen LogP contribution in [0.3, 0.4) is 0 Å². The lowest BCUT2D eigenvalue weighted by atomic mass is 10.0. The fourth-order valence-electron chi connectivity index (χ4n) is 10.2. The van der Waals surface area contributed by atoms with Crippen molar-refractivity contribution in [2.24, 2.45) is 5.73 Å². The Bertz CT molecular complexity index is 3000. The van der Waals surface area contributed by atoms with Gasteiger partial charge in [0, 0.05) is 64.6 Å². The Morgan fingerprint density at radius 1 is 0.279 bits per heavy atom. The zero-order valence-electron chi connectivity index (χ0n) is 70.3. The molecule has 9 N–H and O–H groups in total. The molecule has 122 heavy (non-hydrogen) atoms. The second-order valence-corrected chi connectivity index (χ2v) is 31.3. The summed E-state index contributed by atoms with van der Waals surface area (Å²) in [5.41, 5.74) is 7.05. The Morgan fingerprint density at radius 2 is 0.533 bits per heavy atom. The molecule has 0 aliphatic carbocycles. The number of phosphoric ester groups is 3. The van der Waals surface area contributed by atoms with Crippen molar-refractivity contribution in [1.29, 1.82) is 0 Å². The quantitative estimate of drug-likeness (QED) is 0.0127. The molecule has 42 heteroatoms. The highest BCUT2D eigenvalue weighted by atomic mass is 31.2. The van der Waals surface area contributed by atoms with Crippen LogP contribution in [0.15, 0.2) is 91.0 Å². The number of amides is 4. The average molecular weight is 1800 g/mol. The van der Waals surface area contributed by atoms with Crippen LogP contribution in [0.4, 0.5) is 0 Å². The number of carbonyl (C=O) groups excluding carboxylic acids is 7. The molecule has 3 atom stereocenters. The molecule has 3 aromatic rings. The number of nitrogens with two attached hydrogens (primary N) is 1. The molecule has 0 heterocycles. The third-order valence-electron chi connectivity index (χ3n) is 16.5. The molecule has 3 unspecified atom stereocenters. The summed E-state index contributed by atoms with van der Waals surface area (Å²) < 4.78 is 150. The second kappa shape index (κ2) is 73.9. The Morgan fingerprint density at radius 3 is 0.803 bits per heavy atom. The minimum Gasteiger partial charge on any atom is -0.461 e. The number of esters is 3. The summed E-state index contributed by atoms with van der Waals surface area (Å²) in [6, 6.07) is 28.0. The zero-order valence-corrected chi connectivity index (χ0v) is 72.9. The van der Waals surface area contributed by atoms with E-state index < -0.39 is 34.9 Å². The molecule has 0 saturated heterocycles. The maximum absolute atomic E-state index is 13.4. The van der Waals surface area contributed by atoms with E-state index >= 15 is 0 Å². The minimum absolute atomic E-state index is 0.0126. The first kappa shape index (κ1) is 110. The van der Waals surface area contributed by atoms with Gasteiger partial charge in [-0.05, 0) is 68.2 Å². The molecule has 39 nitrogen and oxygen atoms in total. The molecule has 0 bridgehead atoms. The highest BCUT2D eigenvalue weighted by Gasteiger charge is 2.34. The topological polar surface area (TPSA) is 499 Å². The highest BCUT2D eigenvalue weighted by Crippen LogP contribution is 2.44. The Kier molecular flexibility index (Phi) is 66.6. The van der Waals surface area contributed by atoms with E-state index in [0.29, 0.717) is 64.2 Å². The van der Waals surface area contributed by atoms with Crippen molar-refractivity contribution < 1.29 is 160 Å². The largest absolute Gasteiger partial charge is 0.472 e. The summed E-state index contributed by atoms with van der Waals surface area (Å²) in [5.74, 6) is -2.41. The average Bonchev–Trinajstić information content (AvgIpc) is 0.855. The number of rotatable bonds is 85. The standard InChI is InChI=1S/C80H132N5O34P3/c81-33-19-26-76(89)85-80(67-108-40-30-73(86)82-34-43-99-46-49-102-52-55-105-58-61-117-120(93,94)114-37-16-4-13-27-77(90)111-64-70-20-7-1-8-21-70,68-109-41-31-74(87)83-35-44-100-47-50-103-53-56-106-59-62-118-121(95,96)115-38-17-5-14-28-78(91)112-65-71-22-9-2-10-23-71)69-110-42-32-75(88)84-36-45-101-48-51-104-54-57-107-60-63-119-122(97,98)116-39-18-6-15-29-79(92)113-66-72-24-11-3-12-25-72/h1-3,7-12,20-25H,4-6,13-19,26-69,81H2,(H,82,86)(H,83,87)(H,84,88)(H,85,89)(H,93,94)(H,95,96)(H,97,98). The van der Waals surface area contributed by atoms with Crippen LogP contribution in [0.5, 0.6) is 0 Å². The predicted octanol–water partition coefficient (Wildman–Crippen LogP) is 6.61. The molecule has 3 rings (SSSR count). The number of carbonyl (C=O) groups is 7. The van der Waals surface area contributed by atoms with E-state index in [2.05, 4.69) is 21.3 Å². The fourth-order valence-corrected chi connectivity index (χ4v) is 12.4. The Balaban J connectivity index is 1.30. The van der Waals surface area contributed by atoms with Crippen LogP contribution in [0.25, 0.3) is 0 Å². The van der Waals surface area contributed by atoms with Crippen LogP contribution in [0, 0.1) is 0 Å². The van der Waals surface area contributed by atoms with Crippen molar-refractivity contribution in [2.45, 2.75) is 135 Å². The number of ether oxygens (including phenoxy) is 15. The fraction of sp³-hybridized carbons (Fsp3) is 0.688. The lowest BCUT2D eigenvalue weighted by molar-refractivity contribution is -0.146. The van der Waals surface area contributed by atoms with Gasteiger partial charge in [-0.3, -0.25) is 60.7 Å². The SMILES string of the molecule is NCCCC(=O)NC(COCCC(=O)NCCOCCOCCOCCOP(=O)(O)OCCCCCC(=O)OCc1ccccc1)(COCCC(=O)NCCOCCOCCOCCOP(=O)(O)OCCCCCC(=O)OCc1ccccc1)COCCC(=O)NCCOCCOCCOCCOP(=O)(O)OCCCCCC(=O)OCc1ccccc1. The van der Waals surface area contributed by atoms with Gasteiger partial charge in [-0.15, -0.1) is 0 Å². The molecular formula is C80H132N5O34P3. The normalized spacial score (nSPS) is 13.4. The molecule has 0 aliphatic rings. The van der Waals surface area contributed by atoms with Gasteiger partial charge < -0.3 is 113 Å². The molecule has 0 aromatic heterocycles. The van der Waals surface area contributed by atoms with E-state index in [0.717, 1.165) is 16.7 Å². The number of hydrogen-bond acceptors (Lipinski definition) is 32. The monoisotopic (exact) mass is 1800 g/mol. The number of hydrogen-bond donors (Lipinski definition) is 8. The van der Waals surface area contributed by atoms with Gasteiger partial charge in [0.15, 0.2) is 0 Å². The molecular weight excluding hydrogens is 1670 g/mol. The highest BCUT2D eigenvalue weighted by molar-refractivity contribution is 7.47. The first-order chi connectivity index (χ1) is 59.2. The predicted molar refractivity (Wildman–Crippen MR) is 441 cm³/mol. The van der Waals surface area contributed by atoms with Gasteiger partial charge in [0.2, 0.25) is 23.6 Å². The van der Waals surface area contributed by atoms with Crippen molar-refractivity contribution in [3.63, 3.8) is 0 Å². The lowest BCUT2D eigenvalue weighted by Crippen LogP contribution is -2.58. The summed E-state index contributed by atoms with van der Waals surface area (Å²) in [4.78, 5) is 118. The second-order valence-electron chi connectivity index (χ2n) is 27.0. The first-order valence-electron chi connectivity index (χ1n) is 41.4. The Hall–Kier alpha value is -6.24. The summed E-state index contributed by atoms with van der Waals surface area (Å²) in [6.45, 7) is 2.89. The van der Waals surface area contributed by atoms with E-state index in [-0.39, 0.29) is 325 Å². The van der Waals surface area contributed by atoms with Crippen molar-refractivity contribution in [2.75, 3.05) is 224 Å². The number of unbranched alkanes of at least 4 members (excludes halogenated alkanes) is 6. The number of benzene rings is 3. The zero-order chi connectivity index (χ0) is 88.2. The first-order valence-corrected chi connectivity index (χ1v) is 45.8. The van der Waals surface area contributed by atoms with Gasteiger partial charge in [-0.2, -0.15) is 0 Å².